The van der Waals surface area contributed by atoms with Crippen LogP contribution in [0.4, 0.5) is 0 Å². The first-order chi connectivity index (χ1) is 11.4. The van der Waals surface area contributed by atoms with Gasteiger partial charge in [-0.3, -0.25) is 9.59 Å². The summed E-state index contributed by atoms with van der Waals surface area (Å²) in [5.74, 6) is 0.357. The van der Waals surface area contributed by atoms with Crippen LogP contribution < -0.4 is 0 Å². The first-order valence-corrected chi connectivity index (χ1v) is 10.7. The van der Waals surface area contributed by atoms with Gasteiger partial charge in [0.05, 0.1) is 0 Å². The van der Waals surface area contributed by atoms with Crippen molar-refractivity contribution in [1.82, 2.24) is 14.1 Å². The average Bonchev–Trinajstić information content (AvgIpc) is 3.00. The van der Waals surface area contributed by atoms with E-state index in [-0.39, 0.29) is 23.8 Å². The van der Waals surface area contributed by atoms with Crippen molar-refractivity contribution >= 4 is 22.2 Å². The number of carbonyl (C=O) groups excluding carboxylic acids is 2. The molecule has 0 spiro atoms. The molecule has 7 nitrogen and oxygen atoms in total. The molecule has 3 aliphatic rings. The third-order valence-corrected chi connectivity index (χ3v) is 6.90. The predicted octanol–water partition coefficient (Wildman–Crippen LogP) is 0.487. The van der Waals surface area contributed by atoms with Crippen LogP contribution in [0.25, 0.3) is 0 Å². The highest BCUT2D eigenvalue weighted by Gasteiger charge is 2.36. The Labute approximate surface area is 144 Å². The maximum atomic E-state index is 12.7. The molecule has 3 saturated heterocycles. The SMILES string of the molecule is C[S+](=O)([O-])N1CCC(C(=O)N2CCC(N3CCCC3=O)CC2)CC1. The van der Waals surface area contributed by atoms with Crippen molar-refractivity contribution in [2.75, 3.05) is 39.0 Å². The molecule has 2 amide bonds. The van der Waals surface area contributed by atoms with Crippen LogP contribution in [-0.2, 0) is 24.2 Å². The van der Waals surface area contributed by atoms with E-state index in [9.17, 15) is 18.4 Å². The largest absolute Gasteiger partial charge is 0.598 e. The molecule has 8 heteroatoms. The summed E-state index contributed by atoms with van der Waals surface area (Å²) >= 11 is 0. The molecule has 0 aromatic rings. The van der Waals surface area contributed by atoms with Crippen LogP contribution in [0, 0.1) is 5.92 Å². The Morgan fingerprint density at radius 1 is 1.08 bits per heavy atom. The van der Waals surface area contributed by atoms with E-state index in [1.807, 2.05) is 9.80 Å². The zero-order valence-electron chi connectivity index (χ0n) is 14.3. The Hall–Kier alpha value is -0.990. The summed E-state index contributed by atoms with van der Waals surface area (Å²) < 4.78 is 24.6. The number of hydrogen-bond acceptors (Lipinski definition) is 4. The van der Waals surface area contributed by atoms with Crippen molar-refractivity contribution in [3.05, 3.63) is 0 Å². The number of hydrogen-bond donors (Lipinski definition) is 0. The van der Waals surface area contributed by atoms with Crippen molar-refractivity contribution < 1.29 is 18.4 Å². The van der Waals surface area contributed by atoms with Gasteiger partial charge in [0.1, 0.15) is 16.7 Å². The van der Waals surface area contributed by atoms with Crippen LogP contribution in [0.5, 0.6) is 0 Å². The molecule has 0 aromatic carbocycles. The molecular weight excluding hydrogens is 330 g/mol. The summed E-state index contributed by atoms with van der Waals surface area (Å²) in [5, 5.41) is 0. The highest BCUT2D eigenvalue weighted by molar-refractivity contribution is 7.94. The first kappa shape index (κ1) is 17.8. The molecule has 0 aromatic heterocycles. The minimum absolute atomic E-state index is 0.0621. The Kier molecular flexibility index (Phi) is 5.27. The van der Waals surface area contributed by atoms with E-state index in [0.717, 1.165) is 25.8 Å². The summed E-state index contributed by atoms with van der Waals surface area (Å²) in [4.78, 5) is 28.4. The monoisotopic (exact) mass is 357 g/mol. The molecule has 3 rings (SSSR count). The molecule has 136 valence electrons. The number of carbonyl (C=O) groups is 2. The summed E-state index contributed by atoms with van der Waals surface area (Å²) in [7, 11) is -3.15. The molecule has 0 aliphatic carbocycles. The molecule has 0 bridgehead atoms. The zero-order chi connectivity index (χ0) is 17.3. The average molecular weight is 357 g/mol. The highest BCUT2D eigenvalue weighted by atomic mass is 32.3. The van der Waals surface area contributed by atoms with Crippen LogP contribution in [0.1, 0.15) is 38.5 Å². The highest BCUT2D eigenvalue weighted by Crippen LogP contribution is 2.26. The zero-order valence-corrected chi connectivity index (χ0v) is 15.1. The first-order valence-electron chi connectivity index (χ1n) is 8.89. The van der Waals surface area contributed by atoms with Gasteiger partial charge in [0, 0.05) is 51.1 Å². The number of sulfonamides is 1. The van der Waals surface area contributed by atoms with Crippen LogP contribution in [0.15, 0.2) is 0 Å². The van der Waals surface area contributed by atoms with Gasteiger partial charge in [0.15, 0.2) is 0 Å². The summed E-state index contributed by atoms with van der Waals surface area (Å²) in [6.07, 6.45) is 5.78. The molecule has 0 radical (unpaired) electrons. The van der Waals surface area contributed by atoms with Gasteiger partial charge in [-0.2, -0.15) is 0 Å². The standard InChI is InChI=1S/C16H27N3O4S/c1-24(22,23)18-11-4-13(5-12-18)16(21)17-9-6-14(7-10-17)19-8-2-3-15(19)20/h13-14H,2-12H2,1H3. The number of likely N-dealkylation sites (tertiary alicyclic amines) is 2. The van der Waals surface area contributed by atoms with Gasteiger partial charge in [-0.15, -0.1) is 4.31 Å². The number of nitrogens with zero attached hydrogens (tertiary/aromatic N) is 3. The lowest BCUT2D eigenvalue weighted by atomic mass is 9.94. The van der Waals surface area contributed by atoms with Gasteiger partial charge in [-0.25, -0.2) is 0 Å². The lowest BCUT2D eigenvalue weighted by molar-refractivity contribution is -0.139. The summed E-state index contributed by atoms with van der Waals surface area (Å²) in [5.41, 5.74) is 0. The molecule has 3 aliphatic heterocycles. The fraction of sp³-hybridized carbons (Fsp3) is 0.875. The van der Waals surface area contributed by atoms with Gasteiger partial charge in [0.25, 0.3) is 0 Å². The maximum Gasteiger partial charge on any atom is 0.225 e. The third kappa shape index (κ3) is 3.81. The smallest absolute Gasteiger partial charge is 0.225 e. The van der Waals surface area contributed by atoms with Gasteiger partial charge >= 0.3 is 0 Å². The molecule has 0 N–H and O–H groups in total. The number of piperidine rings is 2. The molecule has 0 saturated carbocycles. The Morgan fingerprint density at radius 2 is 1.71 bits per heavy atom. The maximum absolute atomic E-state index is 12.7. The Balaban J connectivity index is 1.47. The fourth-order valence-electron chi connectivity index (χ4n) is 4.15. The lowest BCUT2D eigenvalue weighted by Crippen LogP contribution is -2.50. The van der Waals surface area contributed by atoms with E-state index in [4.69, 9.17) is 0 Å². The second kappa shape index (κ2) is 7.09. The van der Waals surface area contributed by atoms with Gasteiger partial charge in [-0.1, -0.05) is 4.21 Å². The van der Waals surface area contributed by atoms with E-state index in [1.54, 1.807) is 0 Å². The van der Waals surface area contributed by atoms with E-state index < -0.39 is 10.4 Å². The summed E-state index contributed by atoms with van der Waals surface area (Å²) in [6.45, 7) is 3.16. The molecule has 1 unspecified atom stereocenters. The van der Waals surface area contributed by atoms with Crippen LogP contribution in [0.2, 0.25) is 0 Å². The molecule has 1 atom stereocenters. The fourth-order valence-corrected chi connectivity index (χ4v) is 5.02. The molecular formula is C16H27N3O4S. The normalized spacial score (nSPS) is 27.5. The van der Waals surface area contributed by atoms with Crippen LogP contribution in [0.3, 0.4) is 0 Å². The predicted molar refractivity (Wildman–Crippen MR) is 89.6 cm³/mol. The van der Waals surface area contributed by atoms with Crippen molar-refractivity contribution in [1.29, 1.82) is 0 Å². The van der Waals surface area contributed by atoms with Gasteiger partial charge in [0.2, 0.25) is 11.8 Å². The molecule has 24 heavy (non-hydrogen) atoms. The summed E-state index contributed by atoms with van der Waals surface area (Å²) in [6, 6.07) is 0.288. The second-order valence-electron chi connectivity index (χ2n) is 7.18. The Bertz CT molecular complexity index is 533. The number of rotatable bonds is 3. The van der Waals surface area contributed by atoms with E-state index in [2.05, 4.69) is 0 Å². The van der Waals surface area contributed by atoms with Crippen molar-refractivity contribution in [2.24, 2.45) is 5.92 Å². The minimum Gasteiger partial charge on any atom is -0.598 e. The van der Waals surface area contributed by atoms with Gasteiger partial charge in [-0.05, 0) is 32.1 Å². The van der Waals surface area contributed by atoms with Crippen LogP contribution >= 0.6 is 0 Å². The van der Waals surface area contributed by atoms with Crippen molar-refractivity contribution in [3.63, 3.8) is 0 Å². The Morgan fingerprint density at radius 3 is 2.21 bits per heavy atom. The lowest BCUT2D eigenvalue weighted by Gasteiger charge is -2.39. The van der Waals surface area contributed by atoms with Crippen molar-refractivity contribution in [3.8, 4) is 0 Å². The second-order valence-corrected chi connectivity index (χ2v) is 9.17. The topological polar surface area (TPSA) is 84.0 Å². The van der Waals surface area contributed by atoms with Gasteiger partial charge < -0.3 is 14.4 Å². The third-order valence-electron chi connectivity index (χ3n) is 5.60. The molecule has 3 fully saturated rings. The van der Waals surface area contributed by atoms with E-state index >= 15 is 0 Å². The minimum atomic E-state index is -3.15. The number of amides is 2. The quantitative estimate of drug-likeness (QED) is 0.688. The van der Waals surface area contributed by atoms with Crippen molar-refractivity contribution in [2.45, 2.75) is 44.6 Å². The molecule has 3 heterocycles. The van der Waals surface area contributed by atoms with E-state index in [0.29, 0.717) is 45.4 Å². The van der Waals surface area contributed by atoms with E-state index in [1.165, 1.54) is 10.6 Å². The van der Waals surface area contributed by atoms with Crippen LogP contribution in [-0.4, -0.2) is 75.5 Å².